The van der Waals surface area contributed by atoms with Crippen molar-refractivity contribution in [2.45, 2.75) is 17.1 Å². The molecule has 174 valence electrons. The number of allylic oxidation sites excluding steroid dienone is 1. The zero-order valence-electron chi connectivity index (χ0n) is 17.0. The summed E-state index contributed by atoms with van der Waals surface area (Å²) in [4.78, 5) is -0.460. The van der Waals surface area contributed by atoms with Gasteiger partial charge in [0.25, 0.3) is 0 Å². The van der Waals surface area contributed by atoms with Crippen LogP contribution in [0.25, 0.3) is 0 Å². The van der Waals surface area contributed by atoms with Gasteiger partial charge in [-0.3, -0.25) is 0 Å². The van der Waals surface area contributed by atoms with Crippen molar-refractivity contribution in [1.29, 1.82) is 0 Å². The van der Waals surface area contributed by atoms with Crippen LogP contribution in [0.15, 0.2) is 70.1 Å². The van der Waals surface area contributed by atoms with Gasteiger partial charge >= 0.3 is 6.18 Å². The van der Waals surface area contributed by atoms with Crippen molar-refractivity contribution >= 4 is 27.3 Å². The molecule has 1 unspecified atom stereocenters. The number of nitrogens with zero attached hydrogens (tertiary/aromatic N) is 2. The largest absolute Gasteiger partial charge is 0.497 e. The average Bonchev–Trinajstić information content (AvgIpc) is 3.23. The van der Waals surface area contributed by atoms with Crippen molar-refractivity contribution in [3.63, 3.8) is 0 Å². The number of aromatic nitrogens is 2. The summed E-state index contributed by atoms with van der Waals surface area (Å²) in [6, 6.07) is 11.0. The highest BCUT2D eigenvalue weighted by molar-refractivity contribution is 7.95. The molecule has 0 spiro atoms. The van der Waals surface area contributed by atoms with Crippen LogP contribution in [0.2, 0.25) is 5.02 Å². The lowest BCUT2D eigenvalue weighted by atomic mass is 10.0. The maximum atomic E-state index is 13.7. The summed E-state index contributed by atoms with van der Waals surface area (Å²) in [5, 5.41) is 16.6. The van der Waals surface area contributed by atoms with E-state index >= 15 is 0 Å². The number of benzene rings is 2. The lowest BCUT2D eigenvalue weighted by Gasteiger charge is -2.30. The molecule has 12 heteroatoms. The van der Waals surface area contributed by atoms with E-state index in [2.05, 4.69) is 10.4 Å². The molecule has 0 aliphatic carbocycles. The number of hydrogen-bond acceptors (Lipinski definition) is 6. The number of alkyl halides is 3. The van der Waals surface area contributed by atoms with Gasteiger partial charge in [0.15, 0.2) is 5.69 Å². The van der Waals surface area contributed by atoms with E-state index in [1.807, 2.05) is 0 Å². The third kappa shape index (κ3) is 4.19. The molecule has 1 aliphatic rings. The number of methoxy groups -OCH3 is 1. The molecule has 0 saturated heterocycles. The van der Waals surface area contributed by atoms with Gasteiger partial charge in [-0.25, -0.2) is 13.1 Å². The zero-order valence-corrected chi connectivity index (χ0v) is 18.5. The minimum absolute atomic E-state index is 0.111. The molecule has 1 aromatic heterocycles. The van der Waals surface area contributed by atoms with Gasteiger partial charge in [0.1, 0.15) is 17.6 Å². The Labute approximate surface area is 192 Å². The molecule has 0 amide bonds. The van der Waals surface area contributed by atoms with Crippen LogP contribution in [-0.2, 0) is 16.0 Å². The molecule has 7 nitrogen and oxygen atoms in total. The molecule has 0 bridgehead atoms. The van der Waals surface area contributed by atoms with Crippen molar-refractivity contribution in [3.8, 4) is 5.75 Å². The lowest BCUT2D eigenvalue weighted by molar-refractivity contribution is -0.141. The number of hydrogen-bond donors (Lipinski definition) is 2. The van der Waals surface area contributed by atoms with Crippen LogP contribution >= 0.6 is 11.6 Å². The predicted molar refractivity (Wildman–Crippen MR) is 115 cm³/mol. The van der Waals surface area contributed by atoms with Gasteiger partial charge in [0.05, 0.1) is 29.2 Å². The van der Waals surface area contributed by atoms with E-state index in [0.29, 0.717) is 16.3 Å². The Balaban J connectivity index is 1.96. The maximum Gasteiger partial charge on any atom is 0.435 e. The fraction of sp³-hybridized carbons (Fsp3) is 0.190. The first-order chi connectivity index (χ1) is 15.6. The third-order valence-corrected chi connectivity index (χ3v) is 7.29. The van der Waals surface area contributed by atoms with E-state index in [4.69, 9.17) is 16.3 Å². The highest BCUT2D eigenvalue weighted by atomic mass is 35.5. The topological polar surface area (TPSA) is 93.5 Å². The Morgan fingerprint density at radius 2 is 1.79 bits per heavy atom. The Bertz CT molecular complexity index is 1320. The molecular formula is C21H17ClF3N3O4S. The fourth-order valence-corrected chi connectivity index (χ4v) is 5.41. The minimum atomic E-state index is -4.76. The molecule has 2 heterocycles. The minimum Gasteiger partial charge on any atom is -0.497 e. The van der Waals surface area contributed by atoms with Crippen LogP contribution < -0.4 is 10.1 Å². The fourth-order valence-electron chi connectivity index (χ4n) is 3.56. The Kier molecular flexibility index (Phi) is 5.89. The molecule has 2 N–H and O–H groups in total. The van der Waals surface area contributed by atoms with Gasteiger partial charge < -0.3 is 15.2 Å². The van der Waals surface area contributed by atoms with E-state index in [0.717, 1.165) is 10.7 Å². The quantitative estimate of drug-likeness (QED) is 0.545. The number of aliphatic hydroxyl groups excluding tert-OH is 1. The summed E-state index contributed by atoms with van der Waals surface area (Å²) >= 11 is 5.96. The van der Waals surface area contributed by atoms with Crippen LogP contribution in [-0.4, -0.2) is 37.0 Å². The number of aliphatic hydroxyl groups is 1. The van der Waals surface area contributed by atoms with Gasteiger partial charge in [-0.05, 0) is 42.0 Å². The van der Waals surface area contributed by atoms with Crippen molar-refractivity contribution in [2.75, 3.05) is 19.0 Å². The summed E-state index contributed by atoms with van der Waals surface area (Å²) in [6.07, 6.45) is -4.76. The number of nitrogens with one attached hydrogen (secondary N) is 1. The van der Waals surface area contributed by atoms with E-state index < -0.39 is 34.4 Å². The number of fused-ring (bicyclic) bond motifs is 1. The predicted octanol–water partition coefficient (Wildman–Crippen LogP) is 4.26. The molecule has 33 heavy (non-hydrogen) atoms. The molecule has 3 aromatic rings. The monoisotopic (exact) mass is 499 g/mol. The Hall–Kier alpha value is -3.02. The first kappa shape index (κ1) is 23.1. The van der Waals surface area contributed by atoms with Crippen molar-refractivity contribution in [3.05, 3.63) is 81.5 Å². The molecular weight excluding hydrogens is 483 g/mol. The summed E-state index contributed by atoms with van der Waals surface area (Å²) in [7, 11) is -2.87. The molecule has 0 radical (unpaired) electrons. The summed E-state index contributed by atoms with van der Waals surface area (Å²) in [5.41, 5.74) is -1.05. The van der Waals surface area contributed by atoms with Crippen molar-refractivity contribution in [2.24, 2.45) is 0 Å². The van der Waals surface area contributed by atoms with Crippen molar-refractivity contribution in [1.82, 2.24) is 9.78 Å². The molecule has 4 rings (SSSR count). The van der Waals surface area contributed by atoms with Crippen LogP contribution in [0.5, 0.6) is 5.75 Å². The highest BCUT2D eigenvalue weighted by Crippen LogP contribution is 2.43. The van der Waals surface area contributed by atoms with Gasteiger partial charge in [0.2, 0.25) is 9.84 Å². The lowest BCUT2D eigenvalue weighted by Crippen LogP contribution is -2.30. The van der Waals surface area contributed by atoms with E-state index in [-0.39, 0.29) is 21.3 Å². The standard InChI is InChI=1S/C21H17ClF3N3O4S/c1-32-14-6-8-15(9-7-14)33(30,31)20-16(11-29)26-18-10-17(21(23,24)25)27-28(18)19(20)12-2-4-13(22)5-3-12/h2-10,19,26,29H,11H2,1H3. The number of halogens is 4. The molecule has 0 fully saturated rings. The van der Waals surface area contributed by atoms with E-state index in [9.17, 15) is 26.7 Å². The van der Waals surface area contributed by atoms with Gasteiger partial charge in [-0.1, -0.05) is 23.7 Å². The molecule has 0 saturated carbocycles. The second-order valence-corrected chi connectivity index (χ2v) is 9.47. The Morgan fingerprint density at radius 1 is 1.15 bits per heavy atom. The first-order valence-electron chi connectivity index (χ1n) is 9.48. The van der Waals surface area contributed by atoms with Crippen LogP contribution in [0.1, 0.15) is 17.3 Å². The molecule has 1 atom stereocenters. The van der Waals surface area contributed by atoms with E-state index in [1.54, 1.807) is 0 Å². The number of ether oxygens (including phenoxy) is 1. The Morgan fingerprint density at radius 3 is 2.33 bits per heavy atom. The second kappa shape index (κ2) is 8.40. The van der Waals surface area contributed by atoms with Crippen LogP contribution in [0.3, 0.4) is 0 Å². The number of rotatable bonds is 5. The summed E-state index contributed by atoms with van der Waals surface area (Å²) < 4.78 is 73.5. The second-order valence-electron chi connectivity index (χ2n) is 7.12. The highest BCUT2D eigenvalue weighted by Gasteiger charge is 2.42. The normalized spacial score (nSPS) is 16.4. The summed E-state index contributed by atoms with van der Waals surface area (Å²) in [5.74, 6) is 0.311. The third-order valence-electron chi connectivity index (χ3n) is 5.10. The van der Waals surface area contributed by atoms with Gasteiger partial charge in [0, 0.05) is 11.1 Å². The first-order valence-corrected chi connectivity index (χ1v) is 11.3. The molecule has 2 aromatic carbocycles. The molecule has 1 aliphatic heterocycles. The number of anilines is 1. The number of sulfone groups is 1. The van der Waals surface area contributed by atoms with E-state index in [1.165, 1.54) is 55.6 Å². The summed E-state index contributed by atoms with van der Waals surface area (Å²) in [6.45, 7) is -0.763. The van der Waals surface area contributed by atoms with Crippen LogP contribution in [0.4, 0.5) is 19.0 Å². The zero-order chi connectivity index (χ0) is 24.0. The van der Waals surface area contributed by atoms with Gasteiger partial charge in [-0.2, -0.15) is 18.3 Å². The van der Waals surface area contributed by atoms with Crippen molar-refractivity contribution < 1.29 is 31.4 Å². The van der Waals surface area contributed by atoms with Crippen LogP contribution in [0, 0.1) is 0 Å². The van der Waals surface area contributed by atoms with Gasteiger partial charge in [-0.15, -0.1) is 0 Å². The smallest absolute Gasteiger partial charge is 0.435 e. The maximum absolute atomic E-state index is 13.7. The SMILES string of the molecule is COc1ccc(S(=O)(=O)C2=C(CO)Nc3cc(C(F)(F)F)nn3C2c2ccc(Cl)cc2)cc1. The average molecular weight is 500 g/mol.